The molecule has 4 heterocycles. The SMILES string of the molecule is CC.COC(=O)[C@H]1O[C@@]12[C@H](C(=O)c1ccoc1)CCC1CO[C@@H]([C@H](O)C3C(O)CC(=O)O[C@H]3C)[C@]12C. The number of ether oxygens (including phenoxy) is 4. The Hall–Kier alpha value is -2.27. The number of aliphatic hydroxyl groups is 2. The molecule has 0 radical (unpaired) electrons. The smallest absolute Gasteiger partial charge is 0.338 e. The van der Waals surface area contributed by atoms with E-state index in [1.807, 2.05) is 20.8 Å². The summed E-state index contributed by atoms with van der Waals surface area (Å²) in [5.74, 6) is -2.91. The molecule has 10 atom stereocenters. The van der Waals surface area contributed by atoms with Crippen molar-refractivity contribution in [2.24, 2.45) is 23.2 Å². The van der Waals surface area contributed by atoms with Gasteiger partial charge in [-0.1, -0.05) is 20.8 Å². The van der Waals surface area contributed by atoms with E-state index in [2.05, 4.69) is 0 Å². The molecule has 3 aliphatic heterocycles. The summed E-state index contributed by atoms with van der Waals surface area (Å²) in [4.78, 5) is 38.0. The first-order valence-corrected chi connectivity index (χ1v) is 12.7. The molecule has 2 N–H and O–H groups in total. The molecule has 1 aromatic heterocycles. The number of methoxy groups -OCH3 is 1. The predicted molar refractivity (Wildman–Crippen MR) is 124 cm³/mol. The molecule has 0 amide bonds. The van der Waals surface area contributed by atoms with Gasteiger partial charge in [-0.15, -0.1) is 0 Å². The van der Waals surface area contributed by atoms with Crippen molar-refractivity contribution in [1.82, 2.24) is 0 Å². The minimum absolute atomic E-state index is 0.103. The summed E-state index contributed by atoms with van der Waals surface area (Å²) in [5, 5.41) is 22.1. The van der Waals surface area contributed by atoms with Crippen molar-refractivity contribution in [3.05, 3.63) is 24.2 Å². The number of epoxide rings is 1. The Balaban J connectivity index is 0.00000148. The lowest BCUT2D eigenvalue weighted by Gasteiger charge is -2.50. The van der Waals surface area contributed by atoms with Gasteiger partial charge >= 0.3 is 11.9 Å². The number of hydrogen-bond donors (Lipinski definition) is 2. The van der Waals surface area contributed by atoms with E-state index in [0.29, 0.717) is 25.0 Å². The maximum atomic E-state index is 13.5. The van der Waals surface area contributed by atoms with E-state index < -0.39 is 65.3 Å². The number of furan rings is 1. The molecule has 10 nitrogen and oxygen atoms in total. The van der Waals surface area contributed by atoms with E-state index >= 15 is 0 Å². The van der Waals surface area contributed by atoms with Gasteiger partial charge in [-0.25, -0.2) is 4.79 Å². The number of esters is 2. The molecule has 4 fully saturated rings. The highest BCUT2D eigenvalue weighted by Gasteiger charge is 2.81. The predicted octanol–water partition coefficient (Wildman–Crippen LogP) is 1.90. The largest absolute Gasteiger partial charge is 0.472 e. The Morgan fingerprint density at radius 1 is 1.25 bits per heavy atom. The molecule has 0 bridgehead atoms. The van der Waals surface area contributed by atoms with Crippen LogP contribution in [0, 0.1) is 23.2 Å². The fraction of sp³-hybridized carbons (Fsp3) is 0.731. The van der Waals surface area contributed by atoms with E-state index in [0.717, 1.165) is 0 Å². The van der Waals surface area contributed by atoms with Gasteiger partial charge in [0.2, 0.25) is 0 Å². The average molecular weight is 509 g/mol. The average Bonchev–Trinajstić information content (AvgIpc) is 3.18. The van der Waals surface area contributed by atoms with E-state index in [1.165, 1.54) is 19.6 Å². The van der Waals surface area contributed by atoms with Gasteiger partial charge < -0.3 is 33.6 Å². The minimum Gasteiger partial charge on any atom is -0.472 e. The number of Topliss-reactive ketones (excluding diaryl/α,β-unsaturated/α-hetero) is 1. The summed E-state index contributed by atoms with van der Waals surface area (Å²) >= 11 is 0. The van der Waals surface area contributed by atoms with Crippen LogP contribution in [0.5, 0.6) is 0 Å². The molecule has 3 unspecified atom stereocenters. The van der Waals surface area contributed by atoms with Crippen LogP contribution in [0.3, 0.4) is 0 Å². The molecule has 36 heavy (non-hydrogen) atoms. The van der Waals surface area contributed by atoms with Gasteiger partial charge in [0.05, 0.1) is 62.1 Å². The zero-order valence-corrected chi connectivity index (χ0v) is 21.3. The van der Waals surface area contributed by atoms with Crippen LogP contribution < -0.4 is 0 Å². The second kappa shape index (κ2) is 9.89. The molecule has 200 valence electrons. The van der Waals surface area contributed by atoms with Gasteiger partial charge in [-0.3, -0.25) is 9.59 Å². The highest BCUT2D eigenvalue weighted by atomic mass is 16.7. The van der Waals surface area contributed by atoms with Gasteiger partial charge in [0, 0.05) is 5.41 Å². The Bertz CT molecular complexity index is 961. The fourth-order valence-corrected chi connectivity index (χ4v) is 6.89. The van der Waals surface area contributed by atoms with Gasteiger partial charge in [0.15, 0.2) is 11.9 Å². The topological polar surface area (TPSA) is 145 Å². The number of rotatable bonds is 5. The summed E-state index contributed by atoms with van der Waals surface area (Å²) in [6.07, 6.45) is -1.28. The molecule has 1 saturated carbocycles. The van der Waals surface area contributed by atoms with E-state index in [9.17, 15) is 24.6 Å². The molecular weight excluding hydrogens is 472 g/mol. The van der Waals surface area contributed by atoms with Crippen LogP contribution in [-0.2, 0) is 28.5 Å². The lowest BCUT2D eigenvalue weighted by Crippen LogP contribution is -2.62. The minimum atomic E-state index is -1.25. The normalized spacial score (nSPS) is 42.0. The van der Waals surface area contributed by atoms with Gasteiger partial charge in [-0.2, -0.15) is 0 Å². The van der Waals surface area contributed by atoms with Gasteiger partial charge in [0.1, 0.15) is 18.0 Å². The quantitative estimate of drug-likeness (QED) is 0.344. The van der Waals surface area contributed by atoms with Crippen molar-refractivity contribution in [3.63, 3.8) is 0 Å². The Kier molecular flexibility index (Phi) is 7.36. The van der Waals surface area contributed by atoms with Crippen LogP contribution in [0.1, 0.15) is 57.3 Å². The second-order valence-corrected chi connectivity index (χ2v) is 10.1. The lowest BCUT2D eigenvalue weighted by atomic mass is 9.52. The molecule has 1 aromatic rings. The fourth-order valence-electron chi connectivity index (χ4n) is 6.89. The summed E-state index contributed by atoms with van der Waals surface area (Å²) in [6, 6.07) is 1.58. The van der Waals surface area contributed by atoms with Crippen LogP contribution in [0.25, 0.3) is 0 Å². The molecule has 4 aliphatic rings. The van der Waals surface area contributed by atoms with Crippen molar-refractivity contribution in [2.45, 2.75) is 83.1 Å². The third kappa shape index (κ3) is 3.81. The summed E-state index contributed by atoms with van der Waals surface area (Å²) in [5.41, 5.74) is -1.82. The maximum Gasteiger partial charge on any atom is 0.338 e. The molecule has 5 rings (SSSR count). The molecule has 0 aromatic carbocycles. The van der Waals surface area contributed by atoms with E-state index in [4.69, 9.17) is 23.4 Å². The molecule has 1 aliphatic carbocycles. The number of aliphatic hydroxyl groups excluding tert-OH is 2. The first-order valence-electron chi connectivity index (χ1n) is 12.7. The van der Waals surface area contributed by atoms with Crippen molar-refractivity contribution in [1.29, 1.82) is 0 Å². The van der Waals surface area contributed by atoms with Crippen LogP contribution >= 0.6 is 0 Å². The Morgan fingerprint density at radius 2 is 1.97 bits per heavy atom. The number of ketones is 1. The zero-order chi connectivity index (χ0) is 26.4. The highest BCUT2D eigenvalue weighted by Crippen LogP contribution is 2.68. The third-order valence-corrected chi connectivity index (χ3v) is 8.65. The maximum absolute atomic E-state index is 13.5. The number of hydrogen-bond acceptors (Lipinski definition) is 10. The van der Waals surface area contributed by atoms with Crippen LogP contribution in [0.4, 0.5) is 0 Å². The van der Waals surface area contributed by atoms with Crippen molar-refractivity contribution in [2.75, 3.05) is 13.7 Å². The van der Waals surface area contributed by atoms with Gasteiger partial charge in [0.25, 0.3) is 0 Å². The Labute approximate surface area is 210 Å². The van der Waals surface area contributed by atoms with Gasteiger partial charge in [-0.05, 0) is 31.7 Å². The molecule has 10 heteroatoms. The number of cyclic esters (lactones) is 1. The van der Waals surface area contributed by atoms with Crippen molar-refractivity contribution < 1.29 is 48.0 Å². The number of fused-ring (bicyclic) bond motifs is 2. The number of carbonyl (C=O) groups excluding carboxylic acids is 3. The molecule has 3 saturated heterocycles. The van der Waals surface area contributed by atoms with Crippen molar-refractivity contribution in [3.8, 4) is 0 Å². The first-order chi connectivity index (χ1) is 17.2. The first kappa shape index (κ1) is 26.8. The summed E-state index contributed by atoms with van der Waals surface area (Å²) in [7, 11) is 1.26. The highest BCUT2D eigenvalue weighted by molar-refractivity contribution is 6.00. The summed E-state index contributed by atoms with van der Waals surface area (Å²) in [6.45, 7) is 7.80. The van der Waals surface area contributed by atoms with E-state index in [-0.39, 0.29) is 18.1 Å². The van der Waals surface area contributed by atoms with Crippen LogP contribution in [-0.4, -0.2) is 77.8 Å². The monoisotopic (exact) mass is 508 g/mol. The van der Waals surface area contributed by atoms with E-state index in [1.54, 1.807) is 13.0 Å². The second-order valence-electron chi connectivity index (χ2n) is 10.1. The summed E-state index contributed by atoms with van der Waals surface area (Å²) < 4.78 is 27.6. The zero-order valence-electron chi connectivity index (χ0n) is 21.3. The molecule has 1 spiro atoms. The van der Waals surface area contributed by atoms with Crippen LogP contribution in [0.15, 0.2) is 23.0 Å². The Morgan fingerprint density at radius 3 is 2.58 bits per heavy atom. The number of carbonyl (C=O) groups is 3. The third-order valence-electron chi connectivity index (χ3n) is 8.65. The lowest BCUT2D eigenvalue weighted by molar-refractivity contribution is -0.188. The standard InChI is InChI=1S/C24H30O10.C2H6/c1-11-17(15(25)8-16(26)33-11)19(28)20-23(2)13(10-32-20)4-5-14(18(27)12-6-7-31-9-12)24(23)21(34-24)22(29)30-3;1-2/h6-7,9,11,13-15,17,19-21,25,28H,4-5,8,10H2,1-3H3;1-2H3/t11-,13?,14-,15?,17?,19+,20-,21+,23-,24-;/m0./s1. The van der Waals surface area contributed by atoms with Crippen LogP contribution in [0.2, 0.25) is 0 Å². The van der Waals surface area contributed by atoms with Crippen molar-refractivity contribution >= 4 is 17.7 Å². The molecular formula is C26H36O10.